The fourth-order valence-electron chi connectivity index (χ4n) is 7.60. The SMILES string of the molecule is COc1cc(CCC[Si](C)(C)O[Si](C)(C)CCCc2ccc(O)c(CO)c2)ccc1C.C[Si](C)(/C=C/Cc1ccccc1O)O[Si](C)(C)CCCc1ccccc1O. The first-order valence-corrected chi connectivity index (χ1v) is 33.2. The van der Waals surface area contributed by atoms with Crippen molar-refractivity contribution in [2.45, 2.75) is 129 Å². The molecule has 0 bridgehead atoms. The molecule has 4 rings (SSSR count). The van der Waals surface area contributed by atoms with E-state index in [1.807, 2.05) is 48.5 Å². The number of rotatable bonds is 21. The molecule has 0 unspecified atom stereocenters. The first kappa shape index (κ1) is 48.9. The van der Waals surface area contributed by atoms with Crippen LogP contribution in [0.2, 0.25) is 70.5 Å². The molecule has 0 amide bonds. The molecule has 0 saturated heterocycles. The summed E-state index contributed by atoms with van der Waals surface area (Å²) in [5.41, 5.74) is 8.47. The van der Waals surface area contributed by atoms with Gasteiger partial charge in [0, 0.05) is 5.56 Å². The van der Waals surface area contributed by atoms with E-state index in [0.29, 0.717) is 17.1 Å². The summed E-state index contributed by atoms with van der Waals surface area (Å²) in [5, 5.41) is 38.8. The van der Waals surface area contributed by atoms with Crippen molar-refractivity contribution in [2.75, 3.05) is 7.11 Å². The lowest BCUT2D eigenvalue weighted by molar-refractivity contribution is 0.275. The Morgan fingerprint density at radius 3 is 1.59 bits per heavy atom. The molecule has 0 aromatic heterocycles. The predicted molar refractivity (Wildman–Crippen MR) is 252 cm³/mol. The Morgan fingerprint density at radius 2 is 1.03 bits per heavy atom. The molecule has 0 fully saturated rings. The normalized spacial score (nSPS) is 12.4. The highest BCUT2D eigenvalue weighted by Crippen LogP contribution is 2.28. The van der Waals surface area contributed by atoms with Crippen molar-refractivity contribution in [3.63, 3.8) is 0 Å². The van der Waals surface area contributed by atoms with Crippen LogP contribution in [0.3, 0.4) is 0 Å². The van der Waals surface area contributed by atoms with Gasteiger partial charge in [0.15, 0.2) is 33.3 Å². The number of hydrogen-bond acceptors (Lipinski definition) is 7. The molecule has 7 nitrogen and oxygen atoms in total. The fourth-order valence-corrected chi connectivity index (χ4v) is 24.6. The van der Waals surface area contributed by atoms with Crippen molar-refractivity contribution in [2.24, 2.45) is 0 Å². The van der Waals surface area contributed by atoms with Crippen LogP contribution in [-0.2, 0) is 40.5 Å². The molecule has 0 aliphatic heterocycles. The van der Waals surface area contributed by atoms with Crippen molar-refractivity contribution in [1.82, 2.24) is 0 Å². The number of allylic oxidation sites excluding steroid dienone is 1. The van der Waals surface area contributed by atoms with E-state index in [1.54, 1.807) is 25.3 Å². The molecule has 11 heteroatoms. The molecular formula is C47H72O7Si4. The topological polar surface area (TPSA) is 109 Å². The highest BCUT2D eigenvalue weighted by atomic mass is 28.4. The van der Waals surface area contributed by atoms with Crippen molar-refractivity contribution in [1.29, 1.82) is 0 Å². The van der Waals surface area contributed by atoms with Gasteiger partial charge >= 0.3 is 0 Å². The number of benzene rings is 4. The zero-order valence-electron chi connectivity index (χ0n) is 37.0. The molecule has 0 spiro atoms. The number of aromatic hydroxyl groups is 3. The van der Waals surface area contributed by atoms with Gasteiger partial charge in [0.1, 0.15) is 23.0 Å². The van der Waals surface area contributed by atoms with Crippen LogP contribution in [0.25, 0.3) is 0 Å². The van der Waals surface area contributed by atoms with Gasteiger partial charge in [0.05, 0.1) is 13.7 Å². The summed E-state index contributed by atoms with van der Waals surface area (Å²) in [4.78, 5) is 0. The van der Waals surface area contributed by atoms with Crippen LogP contribution in [0, 0.1) is 6.92 Å². The fraction of sp³-hybridized carbons (Fsp3) is 0.447. The Balaban J connectivity index is 0.000000313. The number of aliphatic hydroxyl groups excluding tert-OH is 1. The molecule has 0 aliphatic rings. The lowest BCUT2D eigenvalue weighted by Crippen LogP contribution is -2.44. The molecular weight excluding hydrogens is 789 g/mol. The number of para-hydroxylation sites is 2. The van der Waals surface area contributed by atoms with Crippen LogP contribution in [0.5, 0.6) is 23.0 Å². The summed E-state index contributed by atoms with van der Waals surface area (Å²) >= 11 is 0. The Kier molecular flexibility index (Phi) is 19.2. The van der Waals surface area contributed by atoms with Gasteiger partial charge in [-0.15, -0.1) is 0 Å². The minimum Gasteiger partial charge on any atom is -0.508 e. The van der Waals surface area contributed by atoms with Crippen LogP contribution in [-0.4, -0.2) is 60.8 Å². The van der Waals surface area contributed by atoms with Gasteiger partial charge in [0.25, 0.3) is 0 Å². The van der Waals surface area contributed by atoms with Crippen molar-refractivity contribution in [3.05, 3.63) is 130 Å². The minimum atomic E-state index is -1.90. The van der Waals surface area contributed by atoms with Crippen molar-refractivity contribution >= 4 is 33.3 Å². The van der Waals surface area contributed by atoms with Crippen LogP contribution >= 0.6 is 0 Å². The Bertz CT molecular complexity index is 1820. The first-order valence-electron chi connectivity index (χ1n) is 20.9. The van der Waals surface area contributed by atoms with Gasteiger partial charge in [-0.25, -0.2) is 0 Å². The Hall–Kier alpha value is -3.43. The van der Waals surface area contributed by atoms with Gasteiger partial charge in [-0.2, -0.15) is 0 Å². The summed E-state index contributed by atoms with van der Waals surface area (Å²) in [6.07, 6.45) is 9.00. The van der Waals surface area contributed by atoms with Gasteiger partial charge in [-0.05, 0) is 181 Å². The summed E-state index contributed by atoms with van der Waals surface area (Å²) < 4.78 is 18.9. The zero-order valence-corrected chi connectivity index (χ0v) is 41.0. The van der Waals surface area contributed by atoms with Crippen LogP contribution in [0.4, 0.5) is 0 Å². The molecule has 4 aromatic carbocycles. The summed E-state index contributed by atoms with van der Waals surface area (Å²) in [5.74, 6) is 1.88. The van der Waals surface area contributed by atoms with Crippen molar-refractivity contribution in [3.8, 4) is 23.0 Å². The van der Waals surface area contributed by atoms with E-state index in [4.69, 9.17) is 13.0 Å². The van der Waals surface area contributed by atoms with E-state index in [1.165, 1.54) is 11.1 Å². The van der Waals surface area contributed by atoms with Crippen LogP contribution in [0.1, 0.15) is 52.6 Å². The van der Waals surface area contributed by atoms with Crippen molar-refractivity contribution < 1.29 is 33.4 Å². The highest BCUT2D eigenvalue weighted by molar-refractivity contribution is 6.87. The maximum atomic E-state index is 9.90. The maximum absolute atomic E-state index is 9.90. The number of aryl methyl sites for hydroxylation is 4. The molecule has 318 valence electrons. The molecule has 4 aromatic rings. The minimum absolute atomic E-state index is 0.127. The molecule has 0 heterocycles. The van der Waals surface area contributed by atoms with E-state index in [2.05, 4.69) is 89.3 Å². The third-order valence-corrected chi connectivity index (χ3v) is 24.9. The number of phenolic OH excluding ortho intramolecular Hbond substituents is 2. The average molecular weight is 861 g/mol. The smallest absolute Gasteiger partial charge is 0.198 e. The predicted octanol–water partition coefficient (Wildman–Crippen LogP) is 12.0. The van der Waals surface area contributed by atoms with Gasteiger partial charge in [-0.3, -0.25) is 0 Å². The standard InChI is InChI=1S/C25H40O4Si2.C22H32O3Si2/c1-20-11-12-22(18-25(20)28-2)10-8-16-31(5,6)29-30(3,4)15-7-9-21-13-14-24(27)23(17-21)19-26;1-26(2,17-9-13-19-11-5-7-15-21(19)23)25-27(3,4)18-10-14-20-12-6-8-16-22(20)24/h11-14,17-18,26-27H,7-10,15-16,19H2,1-6H3;5-9,11-12,15-17,23-24H,10,13-14,18H2,1-4H3/b;17-9+. The summed E-state index contributed by atoms with van der Waals surface area (Å²) in [6, 6.07) is 30.4. The van der Waals surface area contributed by atoms with E-state index in [9.17, 15) is 20.4 Å². The lowest BCUT2D eigenvalue weighted by atomic mass is 10.1. The van der Waals surface area contributed by atoms with E-state index in [-0.39, 0.29) is 12.4 Å². The quantitative estimate of drug-likeness (QED) is 0.0618. The largest absolute Gasteiger partial charge is 0.508 e. The molecule has 0 saturated carbocycles. The highest BCUT2D eigenvalue weighted by Gasteiger charge is 2.33. The number of aliphatic hydroxyl groups is 1. The summed E-state index contributed by atoms with van der Waals surface area (Å²) in [6.45, 7) is 20.3. The van der Waals surface area contributed by atoms with Gasteiger partial charge < -0.3 is 33.4 Å². The summed E-state index contributed by atoms with van der Waals surface area (Å²) in [7, 11) is -5.39. The molecule has 0 aliphatic carbocycles. The number of hydrogen-bond donors (Lipinski definition) is 4. The van der Waals surface area contributed by atoms with Crippen LogP contribution < -0.4 is 4.74 Å². The third kappa shape index (κ3) is 17.8. The van der Waals surface area contributed by atoms with E-state index < -0.39 is 33.3 Å². The Labute approximate surface area is 354 Å². The van der Waals surface area contributed by atoms with Gasteiger partial charge in [-0.1, -0.05) is 66.4 Å². The second-order valence-corrected chi connectivity index (χ2v) is 35.2. The molecule has 0 radical (unpaired) electrons. The third-order valence-electron chi connectivity index (χ3n) is 10.4. The first-order chi connectivity index (χ1) is 27.2. The average Bonchev–Trinajstić information content (AvgIpc) is 3.13. The maximum Gasteiger partial charge on any atom is 0.198 e. The number of ether oxygens (including phenoxy) is 1. The van der Waals surface area contributed by atoms with E-state index in [0.717, 1.165) is 85.5 Å². The Morgan fingerprint density at radius 1 is 0.552 bits per heavy atom. The molecule has 4 N–H and O–H groups in total. The van der Waals surface area contributed by atoms with Crippen LogP contribution in [0.15, 0.2) is 96.7 Å². The van der Waals surface area contributed by atoms with E-state index >= 15 is 0 Å². The second-order valence-electron chi connectivity index (χ2n) is 17.9. The zero-order chi connectivity index (χ0) is 43.0. The number of methoxy groups -OCH3 is 1. The lowest BCUT2D eigenvalue weighted by Gasteiger charge is -2.34. The molecule has 58 heavy (non-hydrogen) atoms. The number of phenols is 3. The molecule has 0 atom stereocenters. The monoisotopic (exact) mass is 860 g/mol. The second kappa shape index (κ2) is 22.8. The van der Waals surface area contributed by atoms with Gasteiger partial charge in [0.2, 0.25) is 0 Å².